The molecule has 3 aromatic rings. The van der Waals surface area contributed by atoms with Crippen LogP contribution in [0.2, 0.25) is 0 Å². The van der Waals surface area contributed by atoms with Crippen LogP contribution in [0.5, 0.6) is 23.0 Å². The molecule has 0 amide bonds. The van der Waals surface area contributed by atoms with Crippen molar-refractivity contribution in [3.05, 3.63) is 64.4 Å². The topological polar surface area (TPSA) is 87.0 Å². The molecule has 0 atom stereocenters. The smallest absolute Gasteiger partial charge is 0.201 e. The van der Waals surface area contributed by atoms with Crippen molar-refractivity contribution >= 4 is 22.6 Å². The van der Waals surface area contributed by atoms with Crippen molar-refractivity contribution in [2.45, 2.75) is 13.8 Å². The maximum Gasteiger partial charge on any atom is 0.201 e. The van der Waals surface area contributed by atoms with Crippen LogP contribution in [0.25, 0.3) is 16.8 Å². The van der Waals surface area contributed by atoms with E-state index in [9.17, 15) is 20.1 Å². The molecule has 1 aliphatic rings. The zero-order valence-corrected chi connectivity index (χ0v) is 14.2. The molecule has 3 aromatic carbocycles. The fourth-order valence-electron chi connectivity index (χ4n) is 3.49. The number of allylic oxidation sites excluding steroid dienone is 1. The summed E-state index contributed by atoms with van der Waals surface area (Å²) in [4.78, 5) is 13.2. The average molecular weight is 348 g/mol. The van der Waals surface area contributed by atoms with Gasteiger partial charge >= 0.3 is 0 Å². The van der Waals surface area contributed by atoms with Crippen molar-refractivity contribution in [3.8, 4) is 23.0 Å². The van der Waals surface area contributed by atoms with Crippen LogP contribution in [-0.2, 0) is 0 Å². The second kappa shape index (κ2) is 5.52. The van der Waals surface area contributed by atoms with Crippen LogP contribution >= 0.6 is 0 Å². The van der Waals surface area contributed by atoms with E-state index in [4.69, 9.17) is 4.74 Å². The number of ether oxygens (including phenoxy) is 1. The number of aryl methyl sites for hydroxylation is 1. The van der Waals surface area contributed by atoms with Gasteiger partial charge in [-0.1, -0.05) is 18.2 Å². The lowest BCUT2D eigenvalue weighted by molar-refractivity contribution is 0.103. The van der Waals surface area contributed by atoms with Gasteiger partial charge in [0.2, 0.25) is 5.78 Å². The highest BCUT2D eigenvalue weighted by Crippen LogP contribution is 2.43. The average Bonchev–Trinajstić information content (AvgIpc) is 2.53. The molecule has 0 spiro atoms. The molecule has 5 heteroatoms. The van der Waals surface area contributed by atoms with Crippen LogP contribution < -0.4 is 4.74 Å². The monoisotopic (exact) mass is 348 g/mol. The Morgan fingerprint density at radius 3 is 2.42 bits per heavy atom. The van der Waals surface area contributed by atoms with Crippen LogP contribution in [0.15, 0.2) is 42.2 Å². The lowest BCUT2D eigenvalue weighted by Crippen LogP contribution is -2.07. The van der Waals surface area contributed by atoms with Gasteiger partial charge in [-0.15, -0.1) is 0 Å². The van der Waals surface area contributed by atoms with E-state index < -0.39 is 5.78 Å². The van der Waals surface area contributed by atoms with Gasteiger partial charge in [0.1, 0.15) is 28.8 Å². The highest BCUT2D eigenvalue weighted by Gasteiger charge is 2.26. The molecule has 4 rings (SSSR count). The highest BCUT2D eigenvalue weighted by molar-refractivity contribution is 6.21. The number of carbonyl (C=O) groups excluding carboxylic acids is 1. The van der Waals surface area contributed by atoms with Gasteiger partial charge in [-0.3, -0.25) is 4.79 Å². The Bertz CT molecular complexity index is 1100. The second-order valence-electron chi connectivity index (χ2n) is 6.38. The number of carbonyl (C=O) groups is 1. The molecule has 3 N–H and O–H groups in total. The molecule has 1 aliphatic heterocycles. The number of aromatic hydroxyl groups is 3. The molecular formula is C21H16O5. The number of phenolic OH excluding ortho intramolecular Hbond substituents is 3. The van der Waals surface area contributed by atoms with Crippen molar-refractivity contribution in [3.63, 3.8) is 0 Å². The van der Waals surface area contributed by atoms with Crippen molar-refractivity contribution in [1.82, 2.24) is 0 Å². The van der Waals surface area contributed by atoms with E-state index in [0.29, 0.717) is 22.5 Å². The first-order valence-electron chi connectivity index (χ1n) is 8.09. The van der Waals surface area contributed by atoms with E-state index in [0.717, 1.165) is 17.0 Å². The van der Waals surface area contributed by atoms with Crippen molar-refractivity contribution in [2.75, 3.05) is 0 Å². The summed E-state index contributed by atoms with van der Waals surface area (Å²) in [6.45, 7) is 3.43. The van der Waals surface area contributed by atoms with Crippen molar-refractivity contribution in [1.29, 1.82) is 0 Å². The number of hydrogen-bond acceptors (Lipinski definition) is 5. The third-order valence-electron chi connectivity index (χ3n) is 4.52. The van der Waals surface area contributed by atoms with Gasteiger partial charge in [0, 0.05) is 22.9 Å². The minimum Gasteiger partial charge on any atom is -0.508 e. The Kier molecular flexibility index (Phi) is 3.40. The van der Waals surface area contributed by atoms with Gasteiger partial charge in [0.25, 0.3) is 0 Å². The zero-order chi connectivity index (χ0) is 18.6. The Hall–Kier alpha value is -3.47. The maximum atomic E-state index is 13.2. The summed E-state index contributed by atoms with van der Waals surface area (Å²) in [7, 11) is 0. The van der Waals surface area contributed by atoms with Gasteiger partial charge in [0.15, 0.2) is 0 Å². The van der Waals surface area contributed by atoms with E-state index >= 15 is 0 Å². The summed E-state index contributed by atoms with van der Waals surface area (Å²) in [5.74, 6) is -0.0402. The molecule has 1 heterocycles. The standard InChI is InChI=1S/C21H16O5/c1-10-6-13(22)8-15(23)18(10)21(25)20-14-5-3-4-12-7-11(2)26-17(19(12)14)9-16(20)24/h3-9,22-24H,1-2H3. The predicted octanol–water partition coefficient (Wildman–Crippen LogP) is 4.25. The first-order valence-corrected chi connectivity index (χ1v) is 8.09. The third kappa shape index (κ3) is 2.29. The Labute approximate surface area is 149 Å². The number of rotatable bonds is 2. The number of ketones is 1. The minimum atomic E-state index is -0.521. The van der Waals surface area contributed by atoms with Crippen molar-refractivity contribution in [2.24, 2.45) is 0 Å². The Balaban J connectivity index is 2.03. The molecule has 0 aliphatic carbocycles. The van der Waals surface area contributed by atoms with Crippen LogP contribution in [0.1, 0.15) is 34.0 Å². The molecule has 0 aromatic heterocycles. The number of phenols is 3. The summed E-state index contributed by atoms with van der Waals surface area (Å²) in [5.41, 5.74) is 1.44. The molecule has 130 valence electrons. The van der Waals surface area contributed by atoms with Crippen LogP contribution in [0, 0.1) is 6.92 Å². The summed E-state index contributed by atoms with van der Waals surface area (Å²) in [6, 6.07) is 9.37. The molecule has 26 heavy (non-hydrogen) atoms. The minimum absolute atomic E-state index is 0.0438. The summed E-state index contributed by atoms with van der Waals surface area (Å²) in [6.07, 6.45) is 1.86. The van der Waals surface area contributed by atoms with Gasteiger partial charge in [-0.2, -0.15) is 0 Å². The SMILES string of the molecule is CC1=Cc2cccc3c(C(=O)c4c(C)cc(O)cc4O)c(O)cc(c23)O1. The summed E-state index contributed by atoms with van der Waals surface area (Å²) in [5, 5.41) is 31.6. The molecular weight excluding hydrogens is 332 g/mol. The molecule has 5 nitrogen and oxygen atoms in total. The maximum absolute atomic E-state index is 13.2. The number of hydrogen-bond donors (Lipinski definition) is 3. The van der Waals surface area contributed by atoms with Gasteiger partial charge in [0.05, 0.1) is 11.1 Å². The van der Waals surface area contributed by atoms with Crippen LogP contribution in [0.4, 0.5) is 0 Å². The lowest BCUT2D eigenvalue weighted by Gasteiger charge is -2.20. The van der Waals surface area contributed by atoms with E-state index in [-0.39, 0.29) is 28.4 Å². The summed E-state index contributed by atoms with van der Waals surface area (Å²) < 4.78 is 5.70. The largest absolute Gasteiger partial charge is 0.508 e. The quantitative estimate of drug-likeness (QED) is 0.603. The van der Waals surface area contributed by atoms with E-state index in [2.05, 4.69) is 0 Å². The molecule has 0 unspecified atom stereocenters. The normalized spacial score (nSPS) is 12.6. The fraction of sp³-hybridized carbons (Fsp3) is 0.0952. The highest BCUT2D eigenvalue weighted by atomic mass is 16.5. The van der Waals surface area contributed by atoms with Gasteiger partial charge in [-0.25, -0.2) is 0 Å². The Morgan fingerprint density at radius 1 is 0.962 bits per heavy atom. The van der Waals surface area contributed by atoms with Gasteiger partial charge < -0.3 is 20.1 Å². The third-order valence-corrected chi connectivity index (χ3v) is 4.52. The molecule has 0 saturated heterocycles. The zero-order valence-electron chi connectivity index (χ0n) is 14.2. The van der Waals surface area contributed by atoms with E-state index in [1.807, 2.05) is 19.1 Å². The van der Waals surface area contributed by atoms with Crippen LogP contribution in [0.3, 0.4) is 0 Å². The summed E-state index contributed by atoms with van der Waals surface area (Å²) >= 11 is 0. The Morgan fingerprint density at radius 2 is 1.69 bits per heavy atom. The fourth-order valence-corrected chi connectivity index (χ4v) is 3.49. The lowest BCUT2D eigenvalue weighted by atomic mass is 9.90. The predicted molar refractivity (Wildman–Crippen MR) is 97.8 cm³/mol. The molecule has 0 saturated carbocycles. The molecule has 0 radical (unpaired) electrons. The van der Waals surface area contributed by atoms with Crippen molar-refractivity contribution < 1.29 is 24.9 Å². The molecule has 0 fully saturated rings. The first kappa shape index (κ1) is 16.0. The van der Waals surface area contributed by atoms with Crippen LogP contribution in [-0.4, -0.2) is 21.1 Å². The number of benzene rings is 3. The van der Waals surface area contributed by atoms with E-state index in [1.165, 1.54) is 12.1 Å². The first-order chi connectivity index (χ1) is 12.4. The van der Waals surface area contributed by atoms with E-state index in [1.54, 1.807) is 19.1 Å². The van der Waals surface area contributed by atoms with Gasteiger partial charge in [-0.05, 0) is 37.1 Å². The second-order valence-corrected chi connectivity index (χ2v) is 6.38. The molecule has 0 bridgehead atoms.